The monoisotopic (exact) mass is 636 g/mol. The number of hydrazine groups is 1. The summed E-state index contributed by atoms with van der Waals surface area (Å²) in [6.45, 7) is 6.82. The highest BCUT2D eigenvalue weighted by Crippen LogP contribution is 2.30. The van der Waals surface area contributed by atoms with Crippen LogP contribution in [0.25, 0.3) is 23.2 Å². The number of aryl methyl sites for hydroxylation is 2. The average Bonchev–Trinajstić information content (AvgIpc) is 3.49. The zero-order chi connectivity index (χ0) is 32.0. The summed E-state index contributed by atoms with van der Waals surface area (Å²) < 4.78 is 42.7. The fraction of sp³-hybridized carbons (Fsp3) is 0.281. The predicted octanol–water partition coefficient (Wildman–Crippen LogP) is 7.67. The molecule has 9 nitrogen and oxygen atoms in total. The van der Waals surface area contributed by atoms with Gasteiger partial charge in [0.15, 0.2) is 11.0 Å². The second-order valence-electron chi connectivity index (χ2n) is 10.5. The molecule has 1 saturated heterocycles. The summed E-state index contributed by atoms with van der Waals surface area (Å²) in [6, 6.07) is 19.2. The molecule has 4 aromatic rings. The molecule has 0 atom stereocenters. The maximum Gasteiger partial charge on any atom is 0.573 e. The molecular formula is C32H33F3N7O2S-. The number of nitrogens with one attached hydrogen (secondary N) is 1. The molecule has 0 bridgehead atoms. The largest absolute Gasteiger partial charge is 0.722 e. The van der Waals surface area contributed by atoms with E-state index in [2.05, 4.69) is 62.3 Å². The van der Waals surface area contributed by atoms with Crippen LogP contribution in [0.3, 0.4) is 0 Å². The maximum absolute atomic E-state index is 12.9. The first-order valence-electron chi connectivity index (χ1n) is 14.5. The fourth-order valence-electron chi connectivity index (χ4n) is 4.86. The first-order valence-corrected chi connectivity index (χ1v) is 15.5. The molecule has 1 N–H and O–H groups in total. The van der Waals surface area contributed by atoms with Crippen molar-refractivity contribution >= 4 is 28.7 Å². The molecule has 3 aromatic carbocycles. The summed E-state index contributed by atoms with van der Waals surface area (Å²) in [5, 5.41) is 22.8. The zero-order valence-corrected chi connectivity index (χ0v) is 25.9. The lowest BCUT2D eigenvalue weighted by Gasteiger charge is -2.34. The summed E-state index contributed by atoms with van der Waals surface area (Å²) in [5.41, 5.74) is 9.06. The van der Waals surface area contributed by atoms with Gasteiger partial charge in [-0.1, -0.05) is 61.5 Å². The molecule has 1 aliphatic rings. The number of thioether (sulfide) groups is 1. The van der Waals surface area contributed by atoms with E-state index in [1.54, 1.807) is 18.7 Å². The first kappa shape index (κ1) is 31.9. The quantitative estimate of drug-likeness (QED) is 0.177. The van der Waals surface area contributed by atoms with Crippen LogP contribution in [0.4, 0.5) is 18.9 Å². The van der Waals surface area contributed by atoms with E-state index in [1.165, 1.54) is 46.4 Å². The lowest BCUT2D eigenvalue weighted by molar-refractivity contribution is -0.274. The second kappa shape index (κ2) is 14.1. The van der Waals surface area contributed by atoms with E-state index in [1.807, 2.05) is 30.3 Å². The van der Waals surface area contributed by atoms with E-state index in [0.717, 1.165) is 48.4 Å². The van der Waals surface area contributed by atoms with E-state index in [4.69, 9.17) is 0 Å². The van der Waals surface area contributed by atoms with Gasteiger partial charge in [-0.25, -0.2) is 9.67 Å². The Bertz CT molecular complexity index is 1650. The SMILES string of the molecule is CCCc1ccc(C)cc1N1CCCS/C1=N\N([O-])N/C(C)=C/c1ccc(-c2ncn(-c3ccc(OC(F)(F)F)cc3)n2)cc1. The Morgan fingerprint density at radius 1 is 1.13 bits per heavy atom. The van der Waals surface area contributed by atoms with Gasteiger partial charge >= 0.3 is 6.36 Å². The Morgan fingerprint density at radius 2 is 1.89 bits per heavy atom. The molecule has 5 rings (SSSR count). The number of hydrogen-bond donors (Lipinski definition) is 1. The third-order valence-electron chi connectivity index (χ3n) is 6.87. The van der Waals surface area contributed by atoms with Crippen LogP contribution >= 0.6 is 11.8 Å². The molecular weight excluding hydrogens is 603 g/mol. The number of hydrogen-bond acceptors (Lipinski definition) is 8. The minimum Gasteiger partial charge on any atom is -0.722 e. The number of nitrogens with zero attached hydrogens (tertiary/aromatic N) is 6. The maximum atomic E-state index is 12.9. The highest BCUT2D eigenvalue weighted by atomic mass is 32.2. The highest BCUT2D eigenvalue weighted by Gasteiger charge is 2.31. The Labute approximate surface area is 264 Å². The molecule has 1 fully saturated rings. The van der Waals surface area contributed by atoms with Gasteiger partial charge < -0.3 is 14.8 Å². The smallest absolute Gasteiger partial charge is 0.573 e. The molecule has 2 heterocycles. The lowest BCUT2D eigenvalue weighted by Crippen LogP contribution is -2.38. The third kappa shape index (κ3) is 8.58. The molecule has 236 valence electrons. The average molecular weight is 637 g/mol. The molecule has 1 aromatic heterocycles. The summed E-state index contributed by atoms with van der Waals surface area (Å²) in [6.07, 6.45) is 1.56. The van der Waals surface area contributed by atoms with Crippen molar-refractivity contribution in [3.63, 3.8) is 0 Å². The van der Waals surface area contributed by atoms with Crippen molar-refractivity contribution < 1.29 is 17.9 Å². The molecule has 0 unspecified atom stereocenters. The standard InChI is InChI=1S/C32H33F3N7O2S/c1-4-6-25-10-7-22(2)19-29(25)40-17-5-18-45-31(40)39-42(43)37-23(3)20-24-8-11-26(12-9-24)30-36-21-41(38-30)27-13-15-28(16-14-27)44-32(33,34)35/h7-16,19-21,37H,4-6,17-18H2,1-3H3/q-1/b23-20+,39-31-. The van der Waals surface area contributed by atoms with Crippen molar-refractivity contribution in [2.24, 2.45) is 5.10 Å². The van der Waals surface area contributed by atoms with Crippen LogP contribution in [0.15, 0.2) is 83.9 Å². The molecule has 45 heavy (non-hydrogen) atoms. The number of allylic oxidation sites excluding steroid dienone is 1. The zero-order valence-electron chi connectivity index (χ0n) is 25.1. The van der Waals surface area contributed by atoms with E-state index in [0.29, 0.717) is 27.7 Å². The van der Waals surface area contributed by atoms with Gasteiger partial charge in [0.25, 0.3) is 0 Å². The van der Waals surface area contributed by atoms with Gasteiger partial charge in [-0.2, -0.15) is 0 Å². The van der Waals surface area contributed by atoms with E-state index >= 15 is 0 Å². The van der Waals surface area contributed by atoms with Crippen LogP contribution in [-0.2, 0) is 6.42 Å². The number of benzene rings is 3. The lowest BCUT2D eigenvalue weighted by atomic mass is 10.0. The number of ether oxygens (including phenoxy) is 1. The van der Waals surface area contributed by atoms with Crippen molar-refractivity contribution in [2.45, 2.75) is 46.4 Å². The number of amidine groups is 1. The van der Waals surface area contributed by atoms with Crippen LogP contribution < -0.4 is 15.1 Å². The highest BCUT2D eigenvalue weighted by molar-refractivity contribution is 8.14. The molecule has 0 radical (unpaired) electrons. The fourth-order valence-corrected chi connectivity index (χ4v) is 5.79. The van der Waals surface area contributed by atoms with Gasteiger partial charge in [0.1, 0.15) is 12.1 Å². The number of anilines is 1. The van der Waals surface area contributed by atoms with Gasteiger partial charge in [-0.05, 0) is 79.8 Å². The van der Waals surface area contributed by atoms with Crippen LogP contribution in [0.2, 0.25) is 0 Å². The Balaban J connectivity index is 1.23. The Morgan fingerprint density at radius 3 is 2.60 bits per heavy atom. The summed E-state index contributed by atoms with van der Waals surface area (Å²) in [4.78, 5) is 6.46. The molecule has 0 spiro atoms. The first-order chi connectivity index (χ1) is 21.6. The minimum atomic E-state index is -4.75. The van der Waals surface area contributed by atoms with Crippen LogP contribution in [-0.4, -0.2) is 43.9 Å². The van der Waals surface area contributed by atoms with Crippen LogP contribution in [0.1, 0.15) is 43.4 Å². The van der Waals surface area contributed by atoms with E-state index < -0.39 is 6.36 Å². The van der Waals surface area contributed by atoms with Crippen molar-refractivity contribution in [3.05, 3.63) is 101 Å². The topological polar surface area (TPSA) is 93.9 Å². The number of hydrazone groups is 1. The van der Waals surface area contributed by atoms with Gasteiger partial charge in [-0.3, -0.25) is 10.7 Å². The number of alkyl halides is 3. The van der Waals surface area contributed by atoms with Crippen molar-refractivity contribution in [1.82, 2.24) is 25.5 Å². The Kier molecular flexibility index (Phi) is 9.99. The third-order valence-corrected chi connectivity index (χ3v) is 7.92. The second-order valence-corrected chi connectivity index (χ2v) is 11.6. The number of rotatable bonds is 10. The number of aromatic nitrogens is 3. The van der Waals surface area contributed by atoms with E-state index in [-0.39, 0.29) is 5.75 Å². The molecule has 1 aliphatic heterocycles. The van der Waals surface area contributed by atoms with Crippen molar-refractivity contribution in [2.75, 3.05) is 17.2 Å². The number of halogens is 3. The van der Waals surface area contributed by atoms with Gasteiger partial charge in [0, 0.05) is 29.2 Å². The summed E-state index contributed by atoms with van der Waals surface area (Å²) >= 11 is 1.58. The molecule has 0 amide bonds. The van der Waals surface area contributed by atoms with Crippen LogP contribution in [0.5, 0.6) is 5.75 Å². The normalized spacial score (nSPS) is 15.0. The molecule has 0 aliphatic carbocycles. The Hall–Kier alpha value is -4.49. The van der Waals surface area contributed by atoms with E-state index in [9.17, 15) is 18.4 Å². The molecule has 13 heteroatoms. The summed E-state index contributed by atoms with van der Waals surface area (Å²) in [7, 11) is 0. The summed E-state index contributed by atoms with van der Waals surface area (Å²) in [5.74, 6) is 1.03. The minimum absolute atomic E-state index is 0.314. The van der Waals surface area contributed by atoms with Gasteiger partial charge in [0.2, 0.25) is 0 Å². The van der Waals surface area contributed by atoms with Crippen LogP contribution in [0, 0.1) is 12.1 Å². The van der Waals surface area contributed by atoms with Gasteiger partial charge in [0.05, 0.1) is 5.69 Å². The predicted molar refractivity (Wildman–Crippen MR) is 173 cm³/mol. The van der Waals surface area contributed by atoms with Gasteiger partial charge in [-0.15, -0.1) is 23.4 Å². The van der Waals surface area contributed by atoms with Crippen molar-refractivity contribution in [1.29, 1.82) is 0 Å². The van der Waals surface area contributed by atoms with Crippen molar-refractivity contribution in [3.8, 4) is 22.8 Å². The molecule has 0 saturated carbocycles.